The lowest BCUT2D eigenvalue weighted by atomic mass is 9.82. The second-order valence-corrected chi connectivity index (χ2v) is 11.6. The lowest BCUT2D eigenvalue weighted by molar-refractivity contribution is -0.140. The van der Waals surface area contributed by atoms with Crippen LogP contribution in [0.15, 0.2) is 18.2 Å². The van der Waals surface area contributed by atoms with Crippen LogP contribution in [0.25, 0.3) is 0 Å². The van der Waals surface area contributed by atoms with E-state index in [9.17, 15) is 26.4 Å². The van der Waals surface area contributed by atoms with Crippen LogP contribution in [0.4, 0.5) is 13.2 Å². The Morgan fingerprint density at radius 2 is 1.79 bits per heavy atom. The summed E-state index contributed by atoms with van der Waals surface area (Å²) in [5, 5.41) is 0. The normalized spacial score (nSPS) is 31.1. The average molecular weight is 491 g/mol. The van der Waals surface area contributed by atoms with Crippen LogP contribution in [-0.2, 0) is 21.0 Å². The fraction of sp³-hybridized carbons (Fsp3) is 0.696. The highest BCUT2D eigenvalue weighted by Crippen LogP contribution is 2.63. The van der Waals surface area contributed by atoms with E-state index in [0.717, 1.165) is 18.2 Å². The maximum Gasteiger partial charge on any atom is 0.419 e. The van der Waals surface area contributed by atoms with Gasteiger partial charge < -0.3 is 9.47 Å². The molecule has 3 aliphatic carbocycles. The van der Waals surface area contributed by atoms with Gasteiger partial charge in [0.25, 0.3) is 10.1 Å². The van der Waals surface area contributed by atoms with Crippen molar-refractivity contribution >= 4 is 16.1 Å². The average Bonchev–Trinajstić information content (AvgIpc) is 3.38. The van der Waals surface area contributed by atoms with Crippen molar-refractivity contribution in [3.63, 3.8) is 0 Å². The number of ether oxygens (including phenoxy) is 2. The Bertz CT molecular complexity index is 1000. The smallest absolute Gasteiger partial charge is 0.419 e. The van der Waals surface area contributed by atoms with Crippen molar-refractivity contribution < 1.29 is 40.4 Å². The predicted octanol–water partition coefficient (Wildman–Crippen LogP) is 4.98. The molecule has 0 radical (unpaired) electrons. The molecule has 4 rings (SSSR count). The zero-order valence-corrected chi connectivity index (χ0v) is 19.4. The summed E-state index contributed by atoms with van der Waals surface area (Å²) in [4.78, 5) is 12.3. The van der Waals surface area contributed by atoms with Gasteiger partial charge in [-0.2, -0.15) is 21.6 Å². The Morgan fingerprint density at radius 3 is 2.30 bits per heavy atom. The molecular weight excluding hydrogens is 461 g/mol. The minimum atomic E-state index is -4.67. The molecule has 0 spiro atoms. The molecule has 0 aromatic heterocycles. The second-order valence-electron chi connectivity index (χ2n) is 10.0. The molecular formula is C23H29F3O6S. The van der Waals surface area contributed by atoms with E-state index in [0.29, 0.717) is 36.5 Å². The number of alkyl halides is 3. The Balaban J connectivity index is 1.61. The van der Waals surface area contributed by atoms with Crippen molar-refractivity contribution in [2.45, 2.75) is 57.7 Å². The van der Waals surface area contributed by atoms with Crippen molar-refractivity contribution in [2.75, 3.05) is 12.4 Å². The maximum absolute atomic E-state index is 13.8. The summed E-state index contributed by atoms with van der Waals surface area (Å²) in [7, 11) is -4.33. The summed E-state index contributed by atoms with van der Waals surface area (Å²) >= 11 is 0. The SMILES string of the molecule is CC(C)C1(Oc2cc(C(=O)OCCS(=O)(=O)O)ccc2C(F)(F)F)CC2C3CCC(C3)C2C1. The highest BCUT2D eigenvalue weighted by Gasteiger charge is 2.59. The first kappa shape index (κ1) is 24.3. The number of carbonyl (C=O) groups excluding carboxylic acids is 1. The lowest BCUT2D eigenvalue weighted by Gasteiger charge is -2.36. The van der Waals surface area contributed by atoms with E-state index in [-0.39, 0.29) is 11.5 Å². The van der Waals surface area contributed by atoms with Crippen molar-refractivity contribution in [2.24, 2.45) is 29.6 Å². The summed E-state index contributed by atoms with van der Waals surface area (Å²) in [6, 6.07) is 2.81. The van der Waals surface area contributed by atoms with E-state index in [4.69, 9.17) is 14.0 Å². The molecule has 3 aliphatic rings. The topological polar surface area (TPSA) is 89.9 Å². The monoisotopic (exact) mass is 490 g/mol. The van der Waals surface area contributed by atoms with E-state index in [1.807, 2.05) is 13.8 Å². The van der Waals surface area contributed by atoms with E-state index in [1.165, 1.54) is 19.3 Å². The first-order valence-electron chi connectivity index (χ1n) is 11.3. The number of hydrogen-bond donors (Lipinski definition) is 1. The van der Waals surface area contributed by atoms with E-state index in [2.05, 4.69) is 0 Å². The third kappa shape index (κ3) is 4.87. The van der Waals surface area contributed by atoms with Gasteiger partial charge in [-0.3, -0.25) is 4.55 Å². The van der Waals surface area contributed by atoms with Gasteiger partial charge in [0.05, 0.1) is 11.1 Å². The van der Waals surface area contributed by atoms with Crippen LogP contribution < -0.4 is 4.74 Å². The van der Waals surface area contributed by atoms with E-state index >= 15 is 0 Å². The largest absolute Gasteiger partial charge is 0.486 e. The van der Waals surface area contributed by atoms with Gasteiger partial charge in [-0.15, -0.1) is 0 Å². The summed E-state index contributed by atoms with van der Waals surface area (Å²) in [5.41, 5.74) is -1.88. The number of halogens is 3. The van der Waals surface area contributed by atoms with Crippen LogP contribution in [0.2, 0.25) is 0 Å². The van der Waals surface area contributed by atoms with Gasteiger partial charge in [-0.05, 0) is 79.9 Å². The molecule has 0 aliphatic heterocycles. The standard InChI is InChI=1S/C23H29F3O6S/c1-13(2)22(11-17-14-3-4-15(9-14)18(17)12-22)32-20-10-16(5-6-19(20)23(24,25)26)21(27)31-7-8-33(28,29)30/h5-6,10,13-15,17-18H,3-4,7-9,11-12H2,1-2H3,(H,28,29,30). The highest BCUT2D eigenvalue weighted by atomic mass is 32.2. The predicted molar refractivity (Wildman–Crippen MR) is 113 cm³/mol. The molecule has 4 atom stereocenters. The molecule has 0 heterocycles. The van der Waals surface area contributed by atoms with Crippen molar-refractivity contribution in [1.82, 2.24) is 0 Å². The molecule has 2 bridgehead atoms. The van der Waals surface area contributed by atoms with Crippen LogP contribution in [0.5, 0.6) is 5.75 Å². The molecule has 184 valence electrons. The molecule has 0 saturated heterocycles. The first-order chi connectivity index (χ1) is 15.3. The summed E-state index contributed by atoms with van der Waals surface area (Å²) in [6.07, 6.45) is 0.307. The number of esters is 1. The quantitative estimate of drug-likeness (QED) is 0.428. The van der Waals surface area contributed by atoms with Crippen LogP contribution in [-0.4, -0.2) is 36.9 Å². The van der Waals surface area contributed by atoms with Gasteiger partial charge >= 0.3 is 12.1 Å². The minimum Gasteiger partial charge on any atom is -0.486 e. The van der Waals surface area contributed by atoms with Gasteiger partial charge in [-0.25, -0.2) is 4.79 Å². The molecule has 3 fully saturated rings. The molecule has 33 heavy (non-hydrogen) atoms. The maximum atomic E-state index is 13.8. The van der Waals surface area contributed by atoms with Crippen LogP contribution >= 0.6 is 0 Å². The Morgan fingerprint density at radius 1 is 1.18 bits per heavy atom. The summed E-state index contributed by atoms with van der Waals surface area (Å²) in [6.45, 7) is 3.31. The molecule has 1 aromatic rings. The van der Waals surface area contributed by atoms with Crippen LogP contribution in [0.3, 0.4) is 0 Å². The molecule has 0 amide bonds. The van der Waals surface area contributed by atoms with Gasteiger partial charge in [0.15, 0.2) is 0 Å². The number of rotatable bonds is 7. The zero-order chi connectivity index (χ0) is 24.2. The van der Waals surface area contributed by atoms with Crippen molar-refractivity contribution in [3.8, 4) is 5.75 Å². The van der Waals surface area contributed by atoms with Gasteiger partial charge in [0, 0.05) is 0 Å². The third-order valence-corrected chi connectivity index (χ3v) is 8.58. The van der Waals surface area contributed by atoms with Gasteiger partial charge in [0.2, 0.25) is 0 Å². The van der Waals surface area contributed by atoms with Gasteiger partial charge in [0.1, 0.15) is 23.7 Å². The van der Waals surface area contributed by atoms with Crippen molar-refractivity contribution in [1.29, 1.82) is 0 Å². The number of carbonyl (C=O) groups is 1. The fourth-order valence-corrected chi connectivity index (χ4v) is 6.52. The number of fused-ring (bicyclic) bond motifs is 5. The second kappa shape index (κ2) is 8.45. The fourth-order valence-electron chi connectivity index (χ4n) is 6.23. The van der Waals surface area contributed by atoms with E-state index in [1.54, 1.807) is 0 Å². The third-order valence-electron chi connectivity index (χ3n) is 7.90. The number of benzene rings is 1. The van der Waals surface area contributed by atoms with E-state index < -0.39 is 51.5 Å². The Hall–Kier alpha value is -1.81. The minimum absolute atomic E-state index is 0.0195. The lowest BCUT2D eigenvalue weighted by Crippen LogP contribution is -2.40. The molecule has 6 nitrogen and oxygen atoms in total. The first-order valence-corrected chi connectivity index (χ1v) is 12.9. The Kier molecular flexibility index (Phi) is 6.22. The highest BCUT2D eigenvalue weighted by molar-refractivity contribution is 7.85. The summed E-state index contributed by atoms with van der Waals surface area (Å²) < 4.78 is 82.8. The summed E-state index contributed by atoms with van der Waals surface area (Å²) in [5.74, 6) is -0.0440. The van der Waals surface area contributed by atoms with Crippen LogP contribution in [0.1, 0.15) is 61.9 Å². The van der Waals surface area contributed by atoms with Gasteiger partial charge in [-0.1, -0.05) is 13.8 Å². The Labute approximate surface area is 191 Å². The molecule has 10 heteroatoms. The molecule has 4 unspecified atom stereocenters. The molecule has 3 saturated carbocycles. The molecule has 1 aromatic carbocycles. The zero-order valence-electron chi connectivity index (χ0n) is 18.6. The van der Waals surface area contributed by atoms with Crippen molar-refractivity contribution in [3.05, 3.63) is 29.3 Å². The molecule has 1 N–H and O–H groups in total. The van der Waals surface area contributed by atoms with Crippen LogP contribution in [0, 0.1) is 29.6 Å². The number of hydrogen-bond acceptors (Lipinski definition) is 5.